The molecule has 1 amide bonds. The van der Waals surface area contributed by atoms with E-state index in [4.69, 9.17) is 4.74 Å². The van der Waals surface area contributed by atoms with Crippen LogP contribution in [0.15, 0.2) is 78.0 Å². The van der Waals surface area contributed by atoms with Gasteiger partial charge in [0.2, 0.25) is 5.91 Å². The average molecular weight is 477 g/mol. The number of nitrogens with zero attached hydrogens (tertiary/aromatic N) is 4. The summed E-state index contributed by atoms with van der Waals surface area (Å²) in [4.78, 5) is 30.3. The molecule has 9 heteroatoms. The lowest BCUT2D eigenvalue weighted by molar-refractivity contribution is -0.384. The van der Waals surface area contributed by atoms with Crippen LogP contribution in [0.25, 0.3) is 16.7 Å². The summed E-state index contributed by atoms with van der Waals surface area (Å²) < 4.78 is 7.42. The lowest BCUT2D eigenvalue weighted by Crippen LogP contribution is -2.31. The Hall–Kier alpha value is -3.85. The number of thioether (sulfide) groups is 1. The topological polar surface area (TPSA) is 90.5 Å². The van der Waals surface area contributed by atoms with E-state index in [2.05, 4.69) is 4.98 Å². The summed E-state index contributed by atoms with van der Waals surface area (Å²) in [5.41, 5.74) is 2.95. The van der Waals surface area contributed by atoms with Crippen LogP contribution in [0.5, 0.6) is 5.75 Å². The summed E-state index contributed by atoms with van der Waals surface area (Å²) in [6.45, 7) is 3.07. The van der Waals surface area contributed by atoms with Gasteiger partial charge in [-0.3, -0.25) is 19.5 Å². The molecule has 3 aromatic carbocycles. The van der Waals surface area contributed by atoms with E-state index < -0.39 is 4.92 Å². The summed E-state index contributed by atoms with van der Waals surface area (Å²) >= 11 is 1.30. The third-order valence-electron chi connectivity index (χ3n) is 5.42. The van der Waals surface area contributed by atoms with E-state index in [0.29, 0.717) is 35.0 Å². The molecular formula is C25H24N4O4S. The van der Waals surface area contributed by atoms with Crippen LogP contribution in [0.2, 0.25) is 0 Å². The van der Waals surface area contributed by atoms with Crippen molar-refractivity contribution in [2.45, 2.75) is 18.6 Å². The molecule has 4 aromatic rings. The van der Waals surface area contributed by atoms with Crippen molar-refractivity contribution >= 4 is 34.4 Å². The lowest BCUT2D eigenvalue weighted by atomic mass is 10.2. The molecule has 0 aliphatic heterocycles. The van der Waals surface area contributed by atoms with Crippen molar-refractivity contribution in [1.29, 1.82) is 0 Å². The third kappa shape index (κ3) is 4.89. The maximum absolute atomic E-state index is 13.0. The van der Waals surface area contributed by atoms with Gasteiger partial charge in [-0.15, -0.1) is 0 Å². The van der Waals surface area contributed by atoms with Crippen molar-refractivity contribution in [1.82, 2.24) is 14.5 Å². The Balaban J connectivity index is 1.67. The van der Waals surface area contributed by atoms with Gasteiger partial charge >= 0.3 is 0 Å². The van der Waals surface area contributed by atoms with E-state index in [1.807, 2.05) is 66.1 Å². The van der Waals surface area contributed by atoms with Gasteiger partial charge in [-0.25, -0.2) is 4.98 Å². The molecule has 0 aliphatic rings. The Labute approximate surface area is 201 Å². The summed E-state index contributed by atoms with van der Waals surface area (Å²) in [6.07, 6.45) is 0. The summed E-state index contributed by atoms with van der Waals surface area (Å²) in [7, 11) is 1.59. The number of hydrogen-bond donors (Lipinski definition) is 0. The fourth-order valence-corrected chi connectivity index (χ4v) is 4.63. The predicted molar refractivity (Wildman–Crippen MR) is 133 cm³/mol. The molecular weight excluding hydrogens is 452 g/mol. The van der Waals surface area contributed by atoms with E-state index in [1.54, 1.807) is 18.1 Å². The van der Waals surface area contributed by atoms with Gasteiger partial charge in [0.05, 0.1) is 34.5 Å². The zero-order chi connectivity index (χ0) is 24.1. The molecule has 0 spiro atoms. The first-order chi connectivity index (χ1) is 16.5. The first-order valence-electron chi connectivity index (χ1n) is 10.8. The summed E-state index contributed by atoms with van der Waals surface area (Å²) in [5, 5.41) is 11.8. The molecule has 8 nitrogen and oxygen atoms in total. The molecule has 0 aliphatic carbocycles. The highest BCUT2D eigenvalue weighted by Gasteiger charge is 2.20. The van der Waals surface area contributed by atoms with Crippen LogP contribution in [0, 0.1) is 10.1 Å². The van der Waals surface area contributed by atoms with Gasteiger partial charge in [-0.2, -0.15) is 0 Å². The molecule has 0 saturated carbocycles. The van der Waals surface area contributed by atoms with Crippen molar-refractivity contribution in [3.8, 4) is 11.4 Å². The maximum Gasteiger partial charge on any atom is 0.271 e. The van der Waals surface area contributed by atoms with E-state index in [0.717, 1.165) is 11.3 Å². The summed E-state index contributed by atoms with van der Waals surface area (Å²) in [6, 6.07) is 21.9. The SMILES string of the molecule is CCN(Cc1ccccc1)C(=O)CSc1nc2cc([N+](=O)[O-])ccc2n1-c1ccccc1OC. The predicted octanol–water partition coefficient (Wildman–Crippen LogP) is 5.08. The standard InChI is InChI=1S/C25H24N4O4S/c1-3-27(16-18-9-5-4-6-10-18)24(30)17-34-25-26-20-15-19(29(31)32)13-14-21(20)28(25)22-11-7-8-12-23(22)33-2/h4-15H,3,16-17H2,1-2H3. The number of methoxy groups -OCH3 is 1. The summed E-state index contributed by atoms with van der Waals surface area (Å²) in [5.74, 6) is 0.801. The van der Waals surface area contributed by atoms with Gasteiger partial charge in [-0.05, 0) is 30.7 Å². The molecule has 1 aromatic heterocycles. The Morgan fingerprint density at radius 1 is 1.12 bits per heavy atom. The Kier molecular flexibility index (Phi) is 7.12. The minimum Gasteiger partial charge on any atom is -0.495 e. The molecule has 0 saturated heterocycles. The first-order valence-corrected chi connectivity index (χ1v) is 11.7. The number of rotatable bonds is 9. The number of fused-ring (bicyclic) bond motifs is 1. The quantitative estimate of drug-likeness (QED) is 0.190. The lowest BCUT2D eigenvalue weighted by Gasteiger charge is -2.21. The minimum atomic E-state index is -0.444. The van der Waals surface area contributed by atoms with Crippen molar-refractivity contribution in [2.75, 3.05) is 19.4 Å². The molecule has 34 heavy (non-hydrogen) atoms. The van der Waals surface area contributed by atoms with Gasteiger partial charge in [0.25, 0.3) is 5.69 Å². The van der Waals surface area contributed by atoms with Crippen LogP contribution < -0.4 is 4.74 Å². The van der Waals surface area contributed by atoms with Gasteiger partial charge < -0.3 is 9.64 Å². The fourth-order valence-electron chi connectivity index (χ4n) is 3.70. The second kappa shape index (κ2) is 10.4. The molecule has 4 rings (SSSR count). The monoisotopic (exact) mass is 476 g/mol. The highest BCUT2D eigenvalue weighted by molar-refractivity contribution is 7.99. The fraction of sp³-hybridized carbons (Fsp3) is 0.200. The molecule has 0 unspecified atom stereocenters. The van der Waals surface area contributed by atoms with Crippen LogP contribution >= 0.6 is 11.8 Å². The number of carbonyl (C=O) groups excluding carboxylic acids is 1. The number of nitro groups is 1. The average Bonchev–Trinajstić information content (AvgIpc) is 3.23. The van der Waals surface area contributed by atoms with Crippen LogP contribution in [0.3, 0.4) is 0 Å². The maximum atomic E-state index is 13.0. The molecule has 0 fully saturated rings. The molecule has 0 bridgehead atoms. The van der Waals surface area contributed by atoms with E-state index in [1.165, 1.54) is 23.9 Å². The molecule has 0 N–H and O–H groups in total. The largest absolute Gasteiger partial charge is 0.495 e. The van der Waals surface area contributed by atoms with Gasteiger partial charge in [-0.1, -0.05) is 54.2 Å². The molecule has 0 atom stereocenters. The number of imidazole rings is 1. The smallest absolute Gasteiger partial charge is 0.271 e. The van der Waals surface area contributed by atoms with Crippen molar-refractivity contribution < 1.29 is 14.5 Å². The second-order valence-corrected chi connectivity index (χ2v) is 8.46. The van der Waals surface area contributed by atoms with Gasteiger partial charge in [0.1, 0.15) is 5.75 Å². The number of hydrogen-bond acceptors (Lipinski definition) is 6. The second-order valence-electron chi connectivity index (χ2n) is 7.51. The first kappa shape index (κ1) is 23.3. The number of carbonyl (C=O) groups is 1. The number of ether oxygens (including phenoxy) is 1. The van der Waals surface area contributed by atoms with Crippen LogP contribution in [0.1, 0.15) is 12.5 Å². The normalized spacial score (nSPS) is 10.9. The van der Waals surface area contributed by atoms with E-state index >= 15 is 0 Å². The minimum absolute atomic E-state index is 0.0130. The number of aromatic nitrogens is 2. The third-order valence-corrected chi connectivity index (χ3v) is 6.34. The van der Waals surface area contributed by atoms with Crippen molar-refractivity contribution in [3.63, 3.8) is 0 Å². The zero-order valence-corrected chi connectivity index (χ0v) is 19.7. The zero-order valence-electron chi connectivity index (χ0n) is 18.9. The van der Waals surface area contributed by atoms with Crippen LogP contribution in [-0.2, 0) is 11.3 Å². The highest BCUT2D eigenvalue weighted by Crippen LogP contribution is 2.34. The molecule has 1 heterocycles. The number of nitro benzene ring substituents is 1. The number of benzene rings is 3. The van der Waals surface area contributed by atoms with Crippen LogP contribution in [-0.4, -0.2) is 44.7 Å². The highest BCUT2D eigenvalue weighted by atomic mass is 32.2. The Morgan fingerprint density at radius 3 is 2.56 bits per heavy atom. The number of non-ortho nitro benzene ring substituents is 1. The molecule has 174 valence electrons. The number of amides is 1. The van der Waals surface area contributed by atoms with Crippen LogP contribution in [0.4, 0.5) is 5.69 Å². The Bertz CT molecular complexity index is 1320. The van der Waals surface area contributed by atoms with E-state index in [9.17, 15) is 14.9 Å². The van der Waals surface area contributed by atoms with Gasteiger partial charge in [0.15, 0.2) is 5.16 Å². The van der Waals surface area contributed by atoms with Gasteiger partial charge in [0, 0.05) is 25.2 Å². The number of para-hydroxylation sites is 2. The Morgan fingerprint density at radius 2 is 1.85 bits per heavy atom. The molecule has 0 radical (unpaired) electrons. The van der Waals surface area contributed by atoms with Crippen molar-refractivity contribution in [2.24, 2.45) is 0 Å². The van der Waals surface area contributed by atoms with Crippen molar-refractivity contribution in [3.05, 3.63) is 88.5 Å². The van der Waals surface area contributed by atoms with E-state index in [-0.39, 0.29) is 17.3 Å².